The van der Waals surface area contributed by atoms with Gasteiger partial charge in [0, 0.05) is 12.1 Å². The number of phenolic OH excluding ortho intramolecular Hbond substituents is 1. The van der Waals surface area contributed by atoms with E-state index in [4.69, 9.17) is 16.7 Å². The molecule has 0 heterocycles. The number of aromatic hydroxyl groups is 1. The summed E-state index contributed by atoms with van der Waals surface area (Å²) >= 11 is 5.60. The van der Waals surface area contributed by atoms with Crippen molar-refractivity contribution in [1.82, 2.24) is 5.32 Å². The van der Waals surface area contributed by atoms with Gasteiger partial charge >= 0.3 is 0 Å². The minimum Gasteiger partial charge on any atom is -0.506 e. The smallest absolute Gasteiger partial charge is 0.255 e. The van der Waals surface area contributed by atoms with Crippen LogP contribution in [-0.4, -0.2) is 16.1 Å². The van der Waals surface area contributed by atoms with Gasteiger partial charge in [0.15, 0.2) is 0 Å². The van der Waals surface area contributed by atoms with E-state index in [9.17, 15) is 18.7 Å². The van der Waals surface area contributed by atoms with Gasteiger partial charge in [-0.15, -0.1) is 0 Å². The lowest BCUT2D eigenvalue weighted by Crippen LogP contribution is -2.23. The van der Waals surface area contributed by atoms with Gasteiger partial charge in [0.1, 0.15) is 17.4 Å². The Morgan fingerprint density at radius 1 is 1.23 bits per heavy atom. The fourth-order valence-electron chi connectivity index (χ4n) is 1.88. The van der Waals surface area contributed by atoms with Crippen LogP contribution in [0.5, 0.6) is 5.75 Å². The third-order valence-corrected chi connectivity index (χ3v) is 3.29. The van der Waals surface area contributed by atoms with E-state index in [0.29, 0.717) is 5.56 Å². The molecule has 0 bridgehead atoms. The molecule has 0 aliphatic heterocycles. The Bertz CT molecular complexity index is 722. The Morgan fingerprint density at radius 3 is 2.64 bits per heavy atom. The summed E-state index contributed by atoms with van der Waals surface area (Å²) in [6.07, 6.45) is 0. The number of phenols is 1. The lowest BCUT2D eigenvalue weighted by Gasteiger charge is -2.09. The zero-order chi connectivity index (χ0) is 16.3. The molecule has 0 aliphatic rings. The molecular weight excluding hydrogens is 316 g/mol. The van der Waals surface area contributed by atoms with Crippen molar-refractivity contribution in [1.29, 1.82) is 0 Å². The molecule has 2 aromatic rings. The average Bonchev–Trinajstić information content (AvgIpc) is 2.49. The van der Waals surface area contributed by atoms with Crippen LogP contribution in [0.1, 0.15) is 21.5 Å². The SMILES string of the molecule is O=C(NCc1ccc(F)c(CO)c1)c1cc(F)cc(Cl)c1O. The fraction of sp³-hybridized carbons (Fsp3) is 0.133. The van der Waals surface area contributed by atoms with Crippen LogP contribution in [0.15, 0.2) is 30.3 Å². The molecule has 0 spiro atoms. The summed E-state index contributed by atoms with van der Waals surface area (Å²) in [6.45, 7) is -0.451. The first-order valence-corrected chi connectivity index (χ1v) is 6.64. The normalized spacial score (nSPS) is 10.5. The predicted octanol–water partition coefficient (Wildman–Crippen LogP) is 2.75. The Balaban J connectivity index is 2.13. The Hall–Kier alpha value is -2.18. The van der Waals surface area contributed by atoms with Crippen LogP contribution < -0.4 is 5.32 Å². The molecule has 1 amide bonds. The average molecular weight is 328 g/mol. The lowest BCUT2D eigenvalue weighted by atomic mass is 10.1. The number of rotatable bonds is 4. The van der Waals surface area contributed by atoms with Gasteiger partial charge in [0.25, 0.3) is 5.91 Å². The van der Waals surface area contributed by atoms with Crippen molar-refractivity contribution in [2.24, 2.45) is 0 Å². The number of nitrogens with one attached hydrogen (secondary N) is 1. The highest BCUT2D eigenvalue weighted by molar-refractivity contribution is 6.32. The van der Waals surface area contributed by atoms with Crippen molar-refractivity contribution in [2.45, 2.75) is 13.2 Å². The molecule has 116 valence electrons. The van der Waals surface area contributed by atoms with Crippen molar-refractivity contribution in [3.05, 3.63) is 63.7 Å². The maximum atomic E-state index is 13.2. The number of hydrogen-bond acceptors (Lipinski definition) is 3. The summed E-state index contributed by atoms with van der Waals surface area (Å²) < 4.78 is 26.5. The van der Waals surface area contributed by atoms with Crippen LogP contribution >= 0.6 is 11.6 Å². The zero-order valence-corrected chi connectivity index (χ0v) is 12.0. The molecule has 0 atom stereocenters. The fourth-order valence-corrected chi connectivity index (χ4v) is 2.08. The first-order chi connectivity index (χ1) is 10.4. The Labute approximate surface area is 130 Å². The highest BCUT2D eigenvalue weighted by atomic mass is 35.5. The molecule has 0 radical (unpaired) electrons. The van der Waals surface area contributed by atoms with Crippen molar-refractivity contribution < 1.29 is 23.8 Å². The molecule has 0 fully saturated rings. The first kappa shape index (κ1) is 16.2. The van der Waals surface area contributed by atoms with Gasteiger partial charge in [-0.25, -0.2) is 8.78 Å². The van der Waals surface area contributed by atoms with Gasteiger partial charge in [-0.3, -0.25) is 4.79 Å². The highest BCUT2D eigenvalue weighted by Crippen LogP contribution is 2.28. The summed E-state index contributed by atoms with van der Waals surface area (Å²) in [5.41, 5.74) is 0.346. The molecule has 0 aliphatic carbocycles. The third kappa shape index (κ3) is 3.52. The van der Waals surface area contributed by atoms with Crippen LogP contribution in [0, 0.1) is 11.6 Å². The Morgan fingerprint density at radius 2 is 1.95 bits per heavy atom. The largest absolute Gasteiger partial charge is 0.506 e. The molecular formula is C15H12ClF2NO3. The number of halogens is 3. The second kappa shape index (κ2) is 6.72. The number of benzene rings is 2. The summed E-state index contributed by atoms with van der Waals surface area (Å²) in [6, 6.07) is 5.76. The van der Waals surface area contributed by atoms with Gasteiger partial charge < -0.3 is 15.5 Å². The summed E-state index contributed by atoms with van der Waals surface area (Å²) in [7, 11) is 0. The van der Waals surface area contributed by atoms with Gasteiger partial charge in [0.05, 0.1) is 17.2 Å². The predicted molar refractivity (Wildman–Crippen MR) is 76.6 cm³/mol. The second-order valence-electron chi connectivity index (χ2n) is 4.55. The third-order valence-electron chi connectivity index (χ3n) is 3.01. The Kier molecular flexibility index (Phi) is 4.95. The molecule has 0 saturated heterocycles. The van der Waals surface area contributed by atoms with Crippen LogP contribution in [0.2, 0.25) is 5.02 Å². The van der Waals surface area contributed by atoms with Gasteiger partial charge in [0.2, 0.25) is 0 Å². The quantitative estimate of drug-likeness (QED) is 0.808. The monoisotopic (exact) mass is 327 g/mol. The maximum Gasteiger partial charge on any atom is 0.255 e. The van der Waals surface area contributed by atoms with Crippen molar-refractivity contribution in [2.75, 3.05) is 0 Å². The van der Waals surface area contributed by atoms with E-state index >= 15 is 0 Å². The molecule has 2 aromatic carbocycles. The molecule has 2 rings (SSSR count). The van der Waals surface area contributed by atoms with E-state index in [1.54, 1.807) is 0 Å². The molecule has 3 N–H and O–H groups in total. The van der Waals surface area contributed by atoms with Crippen LogP contribution in [0.4, 0.5) is 8.78 Å². The van der Waals surface area contributed by atoms with Crippen LogP contribution in [0.25, 0.3) is 0 Å². The number of carbonyl (C=O) groups excluding carboxylic acids is 1. The molecule has 0 aromatic heterocycles. The minimum atomic E-state index is -0.753. The van der Waals surface area contributed by atoms with Crippen LogP contribution in [0.3, 0.4) is 0 Å². The molecule has 0 saturated carbocycles. The summed E-state index contributed by atoms with van der Waals surface area (Å²) in [5.74, 6) is -2.55. The summed E-state index contributed by atoms with van der Waals surface area (Å²) in [5, 5.41) is 20.8. The van der Waals surface area contributed by atoms with Crippen LogP contribution in [-0.2, 0) is 13.2 Å². The van der Waals surface area contributed by atoms with E-state index in [2.05, 4.69) is 5.32 Å². The summed E-state index contributed by atoms with van der Waals surface area (Å²) in [4.78, 5) is 11.9. The second-order valence-corrected chi connectivity index (χ2v) is 4.96. The van der Waals surface area contributed by atoms with E-state index in [-0.39, 0.29) is 22.7 Å². The van der Waals surface area contributed by atoms with Gasteiger partial charge in [-0.1, -0.05) is 17.7 Å². The number of amides is 1. The number of aliphatic hydroxyl groups is 1. The maximum absolute atomic E-state index is 13.2. The van der Waals surface area contributed by atoms with Crippen molar-refractivity contribution in [3.8, 4) is 5.75 Å². The van der Waals surface area contributed by atoms with E-state index in [0.717, 1.165) is 12.1 Å². The van der Waals surface area contributed by atoms with Gasteiger partial charge in [-0.05, 0) is 29.8 Å². The van der Waals surface area contributed by atoms with Crippen molar-refractivity contribution >= 4 is 17.5 Å². The van der Waals surface area contributed by atoms with E-state index < -0.39 is 29.9 Å². The number of hydrogen-bond donors (Lipinski definition) is 3. The molecule has 4 nitrogen and oxygen atoms in total. The highest BCUT2D eigenvalue weighted by Gasteiger charge is 2.15. The number of aliphatic hydroxyl groups excluding tert-OH is 1. The molecule has 0 unspecified atom stereocenters. The molecule has 7 heteroatoms. The van der Waals surface area contributed by atoms with Crippen molar-refractivity contribution in [3.63, 3.8) is 0 Å². The standard InChI is InChI=1S/C15H12ClF2NO3/c16-12-5-10(17)4-11(14(12)21)15(22)19-6-8-1-2-13(18)9(3-8)7-20/h1-5,20-21H,6-7H2,(H,19,22). The lowest BCUT2D eigenvalue weighted by molar-refractivity contribution is 0.0947. The topological polar surface area (TPSA) is 69.6 Å². The van der Waals surface area contributed by atoms with E-state index in [1.165, 1.54) is 18.2 Å². The van der Waals surface area contributed by atoms with E-state index in [1.807, 2.05) is 0 Å². The molecule has 22 heavy (non-hydrogen) atoms. The zero-order valence-electron chi connectivity index (χ0n) is 11.2. The first-order valence-electron chi connectivity index (χ1n) is 6.26. The van der Waals surface area contributed by atoms with Gasteiger partial charge in [-0.2, -0.15) is 0 Å². The number of carbonyl (C=O) groups is 1. The minimum absolute atomic E-state index is 0.0136.